The monoisotopic (exact) mass is 290 g/mol. The molecule has 1 aromatic rings. The van der Waals surface area contributed by atoms with Crippen LogP contribution in [0.5, 0.6) is 0 Å². The van der Waals surface area contributed by atoms with Crippen molar-refractivity contribution < 1.29 is 14.3 Å². The Kier molecular flexibility index (Phi) is 4.77. The van der Waals surface area contributed by atoms with E-state index in [4.69, 9.17) is 32.7 Å². The van der Waals surface area contributed by atoms with Gasteiger partial charge in [0.1, 0.15) is 10.3 Å². The van der Waals surface area contributed by atoms with Crippen LogP contribution >= 0.6 is 23.2 Å². The van der Waals surface area contributed by atoms with Gasteiger partial charge in [-0.2, -0.15) is 0 Å². The van der Waals surface area contributed by atoms with Gasteiger partial charge in [0.15, 0.2) is 0 Å². The molecule has 1 aromatic heterocycles. The lowest BCUT2D eigenvalue weighted by molar-refractivity contribution is -0.0855. The molecule has 5 nitrogen and oxygen atoms in total. The molecule has 0 bridgehead atoms. The van der Waals surface area contributed by atoms with Crippen LogP contribution in [0.1, 0.15) is 10.4 Å². The standard InChI is InChI=1S/C11H12Cl2N2O3/c12-9-2-1-8(10(13)15-9)11(16)14-5-7-6-17-3-4-18-7/h1-2,7H,3-6H2,(H,14,16). The van der Waals surface area contributed by atoms with Gasteiger partial charge in [-0.25, -0.2) is 4.98 Å². The van der Waals surface area contributed by atoms with Gasteiger partial charge in [0, 0.05) is 6.54 Å². The number of halogens is 2. The van der Waals surface area contributed by atoms with Crippen LogP contribution in [0.3, 0.4) is 0 Å². The van der Waals surface area contributed by atoms with Crippen LogP contribution < -0.4 is 5.32 Å². The number of rotatable bonds is 3. The van der Waals surface area contributed by atoms with Gasteiger partial charge in [-0.1, -0.05) is 23.2 Å². The molecule has 2 heterocycles. The van der Waals surface area contributed by atoms with E-state index in [1.54, 1.807) is 0 Å². The SMILES string of the molecule is O=C(NCC1COCCO1)c1ccc(Cl)nc1Cl. The maximum atomic E-state index is 11.8. The molecule has 1 unspecified atom stereocenters. The number of carbonyl (C=O) groups excluding carboxylic acids is 1. The molecule has 1 saturated heterocycles. The molecule has 98 valence electrons. The molecule has 18 heavy (non-hydrogen) atoms. The highest BCUT2D eigenvalue weighted by Crippen LogP contribution is 2.16. The van der Waals surface area contributed by atoms with Gasteiger partial charge in [0.2, 0.25) is 0 Å². The molecule has 0 saturated carbocycles. The lowest BCUT2D eigenvalue weighted by Crippen LogP contribution is -2.39. The average molecular weight is 291 g/mol. The molecule has 1 aliphatic rings. The lowest BCUT2D eigenvalue weighted by Gasteiger charge is -2.23. The van der Waals surface area contributed by atoms with Crippen molar-refractivity contribution in [3.8, 4) is 0 Å². The van der Waals surface area contributed by atoms with Gasteiger partial charge < -0.3 is 14.8 Å². The summed E-state index contributed by atoms with van der Waals surface area (Å²) in [7, 11) is 0. The third-order valence-corrected chi connectivity index (χ3v) is 2.93. The fraction of sp³-hybridized carbons (Fsp3) is 0.455. The van der Waals surface area contributed by atoms with E-state index < -0.39 is 0 Å². The lowest BCUT2D eigenvalue weighted by atomic mass is 10.2. The van der Waals surface area contributed by atoms with E-state index in [0.717, 1.165) is 0 Å². The quantitative estimate of drug-likeness (QED) is 0.858. The summed E-state index contributed by atoms with van der Waals surface area (Å²) in [5.74, 6) is -0.307. The van der Waals surface area contributed by atoms with Gasteiger partial charge >= 0.3 is 0 Å². The number of carbonyl (C=O) groups is 1. The van der Waals surface area contributed by atoms with E-state index in [0.29, 0.717) is 26.4 Å². The average Bonchev–Trinajstić information content (AvgIpc) is 2.37. The minimum absolute atomic E-state index is 0.0841. The number of amides is 1. The fourth-order valence-electron chi connectivity index (χ4n) is 1.54. The zero-order valence-corrected chi connectivity index (χ0v) is 11.0. The summed E-state index contributed by atoms with van der Waals surface area (Å²) in [4.78, 5) is 15.6. The zero-order chi connectivity index (χ0) is 13.0. The number of pyridine rings is 1. The number of hydrogen-bond donors (Lipinski definition) is 1. The van der Waals surface area contributed by atoms with Crippen molar-refractivity contribution in [3.05, 3.63) is 28.0 Å². The molecule has 1 aliphatic heterocycles. The van der Waals surface area contributed by atoms with E-state index in [-0.39, 0.29) is 27.9 Å². The van der Waals surface area contributed by atoms with E-state index in [9.17, 15) is 4.79 Å². The summed E-state index contributed by atoms with van der Waals surface area (Å²) in [5.41, 5.74) is 0.290. The molecule has 1 amide bonds. The molecule has 1 fully saturated rings. The van der Waals surface area contributed by atoms with E-state index in [2.05, 4.69) is 10.3 Å². The molecule has 7 heteroatoms. The summed E-state index contributed by atoms with van der Waals surface area (Å²) in [6.45, 7) is 1.99. The maximum absolute atomic E-state index is 11.8. The Morgan fingerprint density at radius 2 is 2.28 bits per heavy atom. The molecule has 0 aromatic carbocycles. The van der Waals surface area contributed by atoms with Gasteiger partial charge in [-0.3, -0.25) is 4.79 Å². The Hall–Kier alpha value is -0.880. The maximum Gasteiger partial charge on any atom is 0.254 e. The van der Waals surface area contributed by atoms with E-state index in [1.165, 1.54) is 12.1 Å². The minimum Gasteiger partial charge on any atom is -0.376 e. The van der Waals surface area contributed by atoms with Crippen LogP contribution in [-0.4, -0.2) is 43.4 Å². The van der Waals surface area contributed by atoms with Crippen LogP contribution in [0.4, 0.5) is 0 Å². The first-order valence-electron chi connectivity index (χ1n) is 5.46. The van der Waals surface area contributed by atoms with Gasteiger partial charge in [-0.05, 0) is 12.1 Å². The number of nitrogens with zero attached hydrogens (tertiary/aromatic N) is 1. The van der Waals surface area contributed by atoms with Crippen LogP contribution in [0.2, 0.25) is 10.3 Å². The fourth-order valence-corrected chi connectivity index (χ4v) is 1.97. The highest BCUT2D eigenvalue weighted by Gasteiger charge is 2.17. The second-order valence-electron chi connectivity index (χ2n) is 3.75. The summed E-state index contributed by atoms with van der Waals surface area (Å²) < 4.78 is 10.6. The Bertz CT molecular complexity index is 436. The first kappa shape index (κ1) is 13.5. The highest BCUT2D eigenvalue weighted by molar-refractivity contribution is 6.34. The molecule has 2 rings (SSSR count). The summed E-state index contributed by atoms with van der Waals surface area (Å²) in [5, 5.41) is 3.05. The molecular formula is C11H12Cl2N2O3. The van der Waals surface area contributed by atoms with E-state index in [1.807, 2.05) is 0 Å². The smallest absolute Gasteiger partial charge is 0.254 e. The molecule has 0 aliphatic carbocycles. The van der Waals surface area contributed by atoms with Crippen molar-refractivity contribution >= 4 is 29.1 Å². The second kappa shape index (κ2) is 6.33. The predicted octanol–water partition coefficient (Wildman–Crippen LogP) is 1.53. The van der Waals surface area contributed by atoms with Crippen molar-refractivity contribution in [2.24, 2.45) is 0 Å². The first-order valence-corrected chi connectivity index (χ1v) is 6.22. The van der Waals surface area contributed by atoms with Crippen LogP contribution in [0, 0.1) is 0 Å². The minimum atomic E-state index is -0.307. The van der Waals surface area contributed by atoms with Crippen LogP contribution in [0.25, 0.3) is 0 Å². The molecule has 1 atom stereocenters. The zero-order valence-electron chi connectivity index (χ0n) is 9.49. The van der Waals surface area contributed by atoms with Crippen molar-refractivity contribution in [1.82, 2.24) is 10.3 Å². The summed E-state index contributed by atoms with van der Waals surface area (Å²) in [6, 6.07) is 3.05. The Balaban J connectivity index is 1.90. The third kappa shape index (κ3) is 3.55. The summed E-state index contributed by atoms with van der Waals surface area (Å²) in [6.07, 6.45) is -0.123. The topological polar surface area (TPSA) is 60.5 Å². The van der Waals surface area contributed by atoms with Crippen molar-refractivity contribution in [2.45, 2.75) is 6.10 Å². The number of ether oxygens (including phenoxy) is 2. The van der Waals surface area contributed by atoms with Crippen molar-refractivity contribution in [2.75, 3.05) is 26.4 Å². The van der Waals surface area contributed by atoms with E-state index >= 15 is 0 Å². The van der Waals surface area contributed by atoms with Crippen molar-refractivity contribution in [3.63, 3.8) is 0 Å². The Labute approximate surface area is 114 Å². The molecule has 0 radical (unpaired) electrons. The largest absolute Gasteiger partial charge is 0.376 e. The van der Waals surface area contributed by atoms with Crippen LogP contribution in [0.15, 0.2) is 12.1 Å². The summed E-state index contributed by atoms with van der Waals surface area (Å²) >= 11 is 11.5. The number of hydrogen-bond acceptors (Lipinski definition) is 4. The Morgan fingerprint density at radius 3 is 2.94 bits per heavy atom. The highest BCUT2D eigenvalue weighted by atomic mass is 35.5. The predicted molar refractivity (Wildman–Crippen MR) is 67.1 cm³/mol. The normalized spacial score (nSPS) is 19.6. The van der Waals surface area contributed by atoms with Gasteiger partial charge in [-0.15, -0.1) is 0 Å². The van der Waals surface area contributed by atoms with Gasteiger partial charge in [0.25, 0.3) is 5.91 Å². The first-order chi connectivity index (χ1) is 8.66. The molecular weight excluding hydrogens is 279 g/mol. The third-order valence-electron chi connectivity index (χ3n) is 2.43. The number of nitrogens with one attached hydrogen (secondary N) is 1. The second-order valence-corrected chi connectivity index (χ2v) is 4.50. The molecule has 0 spiro atoms. The molecule has 1 N–H and O–H groups in total. The van der Waals surface area contributed by atoms with Crippen LogP contribution in [-0.2, 0) is 9.47 Å². The number of aromatic nitrogens is 1. The van der Waals surface area contributed by atoms with Gasteiger partial charge in [0.05, 0.1) is 31.5 Å². The Morgan fingerprint density at radius 1 is 1.44 bits per heavy atom. The van der Waals surface area contributed by atoms with Crippen molar-refractivity contribution in [1.29, 1.82) is 0 Å².